The Morgan fingerprint density at radius 2 is 2.17 bits per heavy atom. The fraction of sp³-hybridized carbons (Fsp3) is 0.357. The van der Waals surface area contributed by atoms with Crippen LogP contribution in [0, 0.1) is 0 Å². The van der Waals surface area contributed by atoms with Crippen LogP contribution in [0.2, 0.25) is 0 Å². The predicted octanol–water partition coefficient (Wildman–Crippen LogP) is 2.17. The van der Waals surface area contributed by atoms with E-state index in [1.165, 1.54) is 0 Å². The summed E-state index contributed by atoms with van der Waals surface area (Å²) in [5, 5.41) is 10.5. The highest BCUT2D eigenvalue weighted by Gasteiger charge is 2.35. The van der Waals surface area contributed by atoms with Gasteiger partial charge in [-0.15, -0.1) is 0 Å². The van der Waals surface area contributed by atoms with E-state index >= 15 is 0 Å². The highest BCUT2D eigenvalue weighted by molar-refractivity contribution is 5.86. The van der Waals surface area contributed by atoms with E-state index in [-0.39, 0.29) is 6.04 Å². The number of nitrogens with one attached hydrogen (secondary N) is 1. The first kappa shape index (κ1) is 11.3. The predicted molar refractivity (Wildman–Crippen MR) is 69.6 cm³/mol. The average molecular weight is 244 g/mol. The van der Waals surface area contributed by atoms with Crippen molar-refractivity contribution in [3.63, 3.8) is 0 Å². The first-order chi connectivity index (χ1) is 8.59. The van der Waals surface area contributed by atoms with Crippen LogP contribution in [0.15, 0.2) is 24.3 Å². The van der Waals surface area contributed by atoms with E-state index in [0.29, 0.717) is 6.42 Å². The number of nitrogens with zero attached hydrogens (tertiary/aromatic N) is 1. The summed E-state index contributed by atoms with van der Waals surface area (Å²) < 4.78 is 0. The molecule has 1 aromatic carbocycles. The van der Waals surface area contributed by atoms with Gasteiger partial charge in [0.05, 0.1) is 0 Å². The number of likely N-dealkylation sites (N-methyl/N-ethyl adjacent to an activating group) is 1. The van der Waals surface area contributed by atoms with Crippen molar-refractivity contribution in [3.05, 3.63) is 35.5 Å². The topological polar surface area (TPSA) is 56.3 Å². The van der Waals surface area contributed by atoms with Crippen molar-refractivity contribution < 1.29 is 9.90 Å². The Morgan fingerprint density at radius 1 is 1.44 bits per heavy atom. The molecule has 94 valence electrons. The van der Waals surface area contributed by atoms with Gasteiger partial charge in [-0.3, -0.25) is 9.69 Å². The molecule has 1 aliphatic heterocycles. The molecule has 1 aliphatic rings. The van der Waals surface area contributed by atoms with Gasteiger partial charge in [-0.1, -0.05) is 18.2 Å². The van der Waals surface area contributed by atoms with Crippen LogP contribution < -0.4 is 0 Å². The van der Waals surface area contributed by atoms with Crippen molar-refractivity contribution in [2.24, 2.45) is 0 Å². The third-order valence-electron chi connectivity index (χ3n) is 4.05. The van der Waals surface area contributed by atoms with Crippen LogP contribution >= 0.6 is 0 Å². The van der Waals surface area contributed by atoms with Crippen molar-refractivity contribution in [1.82, 2.24) is 9.88 Å². The quantitative estimate of drug-likeness (QED) is 0.808. The van der Waals surface area contributed by atoms with Crippen molar-refractivity contribution in [3.8, 4) is 0 Å². The monoisotopic (exact) mass is 244 g/mol. The molecule has 18 heavy (non-hydrogen) atoms. The van der Waals surface area contributed by atoms with Crippen LogP contribution in [-0.2, 0) is 11.2 Å². The first-order valence-electron chi connectivity index (χ1n) is 6.14. The lowest BCUT2D eigenvalue weighted by Gasteiger charge is -2.35. The Balaban J connectivity index is 2.19. The molecule has 0 bridgehead atoms. The molecule has 1 unspecified atom stereocenters. The number of carbonyl (C=O) groups is 1. The summed E-state index contributed by atoms with van der Waals surface area (Å²) in [6, 6.07) is 7.74. The summed E-state index contributed by atoms with van der Waals surface area (Å²) in [4.78, 5) is 16.7. The van der Waals surface area contributed by atoms with Gasteiger partial charge in [0.1, 0.15) is 6.04 Å². The molecular formula is C14H16N2O2. The fourth-order valence-corrected chi connectivity index (χ4v) is 2.87. The third-order valence-corrected chi connectivity index (χ3v) is 4.05. The lowest BCUT2D eigenvalue weighted by atomic mass is 9.93. The van der Waals surface area contributed by atoms with Crippen LogP contribution in [0.3, 0.4) is 0 Å². The van der Waals surface area contributed by atoms with Crippen molar-refractivity contribution in [2.75, 3.05) is 7.05 Å². The zero-order valence-electron chi connectivity index (χ0n) is 10.5. The van der Waals surface area contributed by atoms with Gasteiger partial charge in [-0.05, 0) is 25.6 Å². The minimum absolute atomic E-state index is 0.0993. The third kappa shape index (κ3) is 1.46. The van der Waals surface area contributed by atoms with Gasteiger partial charge in [0, 0.05) is 29.1 Å². The van der Waals surface area contributed by atoms with Crippen LogP contribution in [0.25, 0.3) is 10.9 Å². The maximum Gasteiger partial charge on any atom is 0.321 e. The number of aromatic amines is 1. The van der Waals surface area contributed by atoms with E-state index in [1.807, 2.05) is 37.1 Å². The second kappa shape index (κ2) is 3.85. The lowest BCUT2D eigenvalue weighted by Crippen LogP contribution is -2.44. The molecule has 2 aromatic rings. The largest absolute Gasteiger partial charge is 0.480 e. The molecule has 4 heteroatoms. The zero-order chi connectivity index (χ0) is 12.9. The summed E-state index contributed by atoms with van der Waals surface area (Å²) in [6.45, 7) is 2.04. The number of fused-ring (bicyclic) bond motifs is 3. The molecule has 0 radical (unpaired) electrons. The molecule has 0 fully saturated rings. The Bertz CT molecular complexity index is 617. The zero-order valence-corrected chi connectivity index (χ0v) is 10.5. The summed E-state index contributed by atoms with van der Waals surface area (Å²) in [5.74, 6) is -0.750. The summed E-state index contributed by atoms with van der Waals surface area (Å²) in [5.41, 5.74) is 3.40. The molecule has 0 amide bonds. The van der Waals surface area contributed by atoms with Gasteiger partial charge >= 0.3 is 5.97 Å². The minimum atomic E-state index is -0.750. The number of hydrogen-bond acceptors (Lipinski definition) is 2. The van der Waals surface area contributed by atoms with Gasteiger partial charge < -0.3 is 10.1 Å². The number of carboxylic acids is 1. The van der Waals surface area contributed by atoms with Gasteiger partial charge in [-0.25, -0.2) is 0 Å². The van der Waals surface area contributed by atoms with E-state index in [9.17, 15) is 9.90 Å². The van der Waals surface area contributed by atoms with Gasteiger partial charge in [0.15, 0.2) is 0 Å². The standard InChI is InChI=1S/C14H16N2O2/c1-8-13-10(7-12(14(17)18)16(8)2)9-5-3-4-6-11(9)15-13/h3-6,8,12,15H,7H2,1-2H3,(H,17,18)/t8-,12?/m0/s1. The molecule has 0 aliphatic carbocycles. The number of carboxylic acid groups (broad SMARTS) is 1. The fourth-order valence-electron chi connectivity index (χ4n) is 2.87. The summed E-state index contributed by atoms with van der Waals surface area (Å²) in [6.07, 6.45) is 0.565. The smallest absolute Gasteiger partial charge is 0.321 e. The van der Waals surface area contributed by atoms with E-state index in [4.69, 9.17) is 0 Å². The van der Waals surface area contributed by atoms with E-state index in [1.54, 1.807) is 0 Å². The summed E-state index contributed by atoms with van der Waals surface area (Å²) >= 11 is 0. The minimum Gasteiger partial charge on any atom is -0.480 e. The Hall–Kier alpha value is -1.81. The second-order valence-corrected chi connectivity index (χ2v) is 4.96. The number of para-hydroxylation sites is 1. The Morgan fingerprint density at radius 3 is 2.89 bits per heavy atom. The van der Waals surface area contributed by atoms with Crippen LogP contribution in [0.1, 0.15) is 24.2 Å². The number of hydrogen-bond donors (Lipinski definition) is 2. The van der Waals surface area contributed by atoms with Gasteiger partial charge in [0.25, 0.3) is 0 Å². The molecule has 4 nitrogen and oxygen atoms in total. The molecule has 2 atom stereocenters. The maximum absolute atomic E-state index is 11.3. The summed E-state index contributed by atoms with van der Waals surface area (Å²) in [7, 11) is 1.87. The normalized spacial score (nSPS) is 24.1. The number of H-pyrrole nitrogens is 1. The molecule has 3 rings (SSSR count). The molecule has 0 saturated heterocycles. The Kier molecular flexibility index (Phi) is 2.41. The number of aliphatic carboxylic acids is 1. The van der Waals surface area contributed by atoms with E-state index < -0.39 is 12.0 Å². The van der Waals surface area contributed by atoms with Crippen molar-refractivity contribution in [2.45, 2.75) is 25.4 Å². The Labute approximate surface area is 105 Å². The lowest BCUT2D eigenvalue weighted by molar-refractivity contribution is -0.144. The van der Waals surface area contributed by atoms with E-state index in [0.717, 1.165) is 22.2 Å². The van der Waals surface area contributed by atoms with Crippen LogP contribution in [0.4, 0.5) is 0 Å². The van der Waals surface area contributed by atoms with Crippen molar-refractivity contribution in [1.29, 1.82) is 0 Å². The molecule has 0 saturated carbocycles. The molecule has 2 N–H and O–H groups in total. The maximum atomic E-state index is 11.3. The average Bonchev–Trinajstić information content (AvgIpc) is 2.72. The van der Waals surface area contributed by atoms with Crippen LogP contribution in [-0.4, -0.2) is 34.0 Å². The van der Waals surface area contributed by atoms with Crippen molar-refractivity contribution >= 4 is 16.9 Å². The highest BCUT2D eigenvalue weighted by atomic mass is 16.4. The van der Waals surface area contributed by atoms with Crippen LogP contribution in [0.5, 0.6) is 0 Å². The van der Waals surface area contributed by atoms with Gasteiger partial charge in [-0.2, -0.15) is 0 Å². The number of aromatic nitrogens is 1. The number of rotatable bonds is 1. The number of benzene rings is 1. The van der Waals surface area contributed by atoms with Gasteiger partial charge in [0.2, 0.25) is 0 Å². The molecular weight excluding hydrogens is 228 g/mol. The first-order valence-corrected chi connectivity index (χ1v) is 6.14. The molecule has 1 aromatic heterocycles. The second-order valence-electron chi connectivity index (χ2n) is 4.96. The SMILES string of the molecule is C[C@H]1c2[nH]c3ccccc3c2CC(C(=O)O)N1C. The van der Waals surface area contributed by atoms with E-state index in [2.05, 4.69) is 11.1 Å². The highest BCUT2D eigenvalue weighted by Crippen LogP contribution is 2.35. The molecule has 2 heterocycles. The molecule has 0 spiro atoms.